The molecule has 25 heavy (non-hydrogen) atoms. The minimum Gasteiger partial charge on any atom is -0.391 e. The number of amides is 1. The molecule has 2 rings (SSSR count). The van der Waals surface area contributed by atoms with Gasteiger partial charge in [-0.05, 0) is 35.9 Å². The molecule has 0 bridgehead atoms. The summed E-state index contributed by atoms with van der Waals surface area (Å²) in [5.74, 6) is -0.723. The Morgan fingerprint density at radius 3 is 2.60 bits per heavy atom. The number of halogens is 3. The Morgan fingerprint density at radius 1 is 1.24 bits per heavy atom. The number of rotatable bonds is 5. The van der Waals surface area contributed by atoms with Crippen LogP contribution in [0.25, 0.3) is 0 Å². The van der Waals surface area contributed by atoms with Crippen molar-refractivity contribution in [1.82, 2.24) is 0 Å². The van der Waals surface area contributed by atoms with Gasteiger partial charge in [0.2, 0.25) is 0 Å². The van der Waals surface area contributed by atoms with Crippen LogP contribution in [-0.4, -0.2) is 12.1 Å². The Morgan fingerprint density at radius 2 is 1.96 bits per heavy atom. The Labute approximate surface area is 141 Å². The van der Waals surface area contributed by atoms with E-state index in [2.05, 4.69) is 10.5 Å². The van der Waals surface area contributed by atoms with Crippen molar-refractivity contribution in [3.05, 3.63) is 65.2 Å². The second-order valence-corrected chi connectivity index (χ2v) is 4.88. The normalized spacial score (nSPS) is 11.1. The molecule has 0 heterocycles. The molecule has 8 heteroatoms. The summed E-state index contributed by atoms with van der Waals surface area (Å²) in [7, 11) is 0. The number of nitrogens with one attached hydrogen (secondary N) is 1. The van der Waals surface area contributed by atoms with Gasteiger partial charge in [0.1, 0.15) is 12.8 Å². The number of benzene rings is 2. The molecule has 0 aromatic heterocycles. The third-order valence-electron chi connectivity index (χ3n) is 3.02. The van der Waals surface area contributed by atoms with Gasteiger partial charge in [0, 0.05) is 5.69 Å². The fraction of sp³-hybridized carbons (Fsp3) is 0.118. The molecule has 0 spiro atoms. The van der Waals surface area contributed by atoms with Crippen molar-refractivity contribution in [3.8, 4) is 6.07 Å². The molecule has 0 aliphatic rings. The van der Waals surface area contributed by atoms with Crippen molar-refractivity contribution in [1.29, 1.82) is 5.26 Å². The maximum absolute atomic E-state index is 12.6. The summed E-state index contributed by atoms with van der Waals surface area (Å²) < 4.78 is 37.8. The predicted octanol–water partition coefficient (Wildman–Crippen LogP) is 3.72. The molecule has 2 aromatic rings. The smallest absolute Gasteiger partial charge is 0.391 e. The number of anilines is 1. The number of nitriles is 1. The van der Waals surface area contributed by atoms with Crippen molar-refractivity contribution in [3.63, 3.8) is 0 Å². The van der Waals surface area contributed by atoms with Crippen LogP contribution in [0.1, 0.15) is 16.7 Å². The van der Waals surface area contributed by atoms with Crippen molar-refractivity contribution >= 4 is 17.8 Å². The van der Waals surface area contributed by atoms with E-state index in [1.165, 1.54) is 12.1 Å². The molecular formula is C17H12F3N3O2. The number of alkyl halides is 3. The van der Waals surface area contributed by atoms with Gasteiger partial charge >= 0.3 is 6.18 Å². The lowest BCUT2D eigenvalue weighted by Crippen LogP contribution is -2.14. The zero-order chi connectivity index (χ0) is 18.3. The van der Waals surface area contributed by atoms with Gasteiger partial charge in [-0.25, -0.2) is 0 Å². The van der Waals surface area contributed by atoms with Gasteiger partial charge in [-0.2, -0.15) is 18.4 Å². The van der Waals surface area contributed by atoms with Crippen LogP contribution in [0, 0.1) is 11.3 Å². The first-order valence-electron chi connectivity index (χ1n) is 7.01. The Bertz CT molecular complexity index is 809. The summed E-state index contributed by atoms with van der Waals surface area (Å²) >= 11 is 0. The maximum Gasteiger partial charge on any atom is 0.416 e. The van der Waals surface area contributed by atoms with Gasteiger partial charge in [-0.1, -0.05) is 23.4 Å². The van der Waals surface area contributed by atoms with Crippen molar-refractivity contribution in [2.24, 2.45) is 5.16 Å². The molecule has 0 unspecified atom stereocenters. The van der Waals surface area contributed by atoms with Crippen LogP contribution < -0.4 is 5.32 Å². The van der Waals surface area contributed by atoms with E-state index >= 15 is 0 Å². The first-order chi connectivity index (χ1) is 11.9. The van der Waals surface area contributed by atoms with Crippen molar-refractivity contribution < 1.29 is 22.8 Å². The molecule has 0 aliphatic heterocycles. The van der Waals surface area contributed by atoms with Gasteiger partial charge in [-0.15, -0.1) is 0 Å². The van der Waals surface area contributed by atoms with E-state index in [1.807, 2.05) is 6.07 Å². The average molecular weight is 347 g/mol. The number of nitrogens with zero attached hydrogens (tertiary/aromatic N) is 2. The van der Waals surface area contributed by atoms with Crippen LogP contribution in [0.5, 0.6) is 0 Å². The van der Waals surface area contributed by atoms with Crippen LogP contribution in [0.2, 0.25) is 0 Å². The van der Waals surface area contributed by atoms with E-state index in [0.717, 1.165) is 23.9 Å². The van der Waals surface area contributed by atoms with Gasteiger partial charge < -0.3 is 10.2 Å². The largest absolute Gasteiger partial charge is 0.416 e. The average Bonchev–Trinajstić information content (AvgIpc) is 2.59. The molecule has 0 saturated carbocycles. The van der Waals surface area contributed by atoms with Crippen LogP contribution in [0.3, 0.4) is 0 Å². The van der Waals surface area contributed by atoms with E-state index in [4.69, 9.17) is 10.1 Å². The summed E-state index contributed by atoms with van der Waals surface area (Å²) in [5, 5.41) is 14.4. The van der Waals surface area contributed by atoms with Gasteiger partial charge in [0.05, 0.1) is 17.2 Å². The molecular weight excluding hydrogens is 335 g/mol. The van der Waals surface area contributed by atoms with Crippen molar-refractivity contribution in [2.75, 3.05) is 5.32 Å². The Balaban J connectivity index is 1.85. The number of hydrogen-bond acceptors (Lipinski definition) is 4. The van der Waals surface area contributed by atoms with Crippen LogP contribution in [0.15, 0.2) is 53.7 Å². The van der Waals surface area contributed by atoms with Crippen LogP contribution >= 0.6 is 0 Å². The molecule has 128 valence electrons. The number of oxime groups is 1. The lowest BCUT2D eigenvalue weighted by molar-refractivity contribution is -0.137. The predicted molar refractivity (Wildman–Crippen MR) is 84.5 cm³/mol. The highest BCUT2D eigenvalue weighted by Gasteiger charge is 2.30. The van der Waals surface area contributed by atoms with E-state index in [9.17, 15) is 18.0 Å². The number of hydrogen-bond donors (Lipinski definition) is 1. The molecule has 0 radical (unpaired) electrons. The van der Waals surface area contributed by atoms with E-state index in [0.29, 0.717) is 5.56 Å². The molecule has 0 fully saturated rings. The second-order valence-electron chi connectivity index (χ2n) is 4.88. The third-order valence-corrected chi connectivity index (χ3v) is 3.02. The minimum absolute atomic E-state index is 0.00151. The quantitative estimate of drug-likeness (QED) is 0.662. The Kier molecular flexibility index (Phi) is 5.74. The molecule has 2 aromatic carbocycles. The fourth-order valence-electron chi connectivity index (χ4n) is 1.82. The topological polar surface area (TPSA) is 74.5 Å². The van der Waals surface area contributed by atoms with E-state index < -0.39 is 17.6 Å². The first-order valence-corrected chi connectivity index (χ1v) is 7.01. The molecule has 5 nitrogen and oxygen atoms in total. The van der Waals surface area contributed by atoms with Gasteiger partial charge in [0.25, 0.3) is 5.91 Å². The monoisotopic (exact) mass is 347 g/mol. The zero-order valence-corrected chi connectivity index (χ0v) is 12.7. The molecule has 0 atom stereocenters. The Hall–Kier alpha value is -3.34. The first kappa shape index (κ1) is 18.0. The zero-order valence-electron chi connectivity index (χ0n) is 12.7. The maximum atomic E-state index is 12.6. The van der Waals surface area contributed by atoms with Crippen molar-refractivity contribution in [2.45, 2.75) is 12.8 Å². The van der Waals surface area contributed by atoms with Crippen LogP contribution in [0.4, 0.5) is 18.9 Å². The summed E-state index contributed by atoms with van der Waals surface area (Å²) in [6, 6.07) is 12.8. The molecule has 1 N–H and O–H groups in total. The molecule has 0 saturated heterocycles. The third kappa shape index (κ3) is 5.66. The second kappa shape index (κ2) is 7.97. The molecule has 0 aliphatic carbocycles. The summed E-state index contributed by atoms with van der Waals surface area (Å²) in [5.41, 5.74) is 0.389. The minimum atomic E-state index is -4.49. The lowest BCUT2D eigenvalue weighted by Gasteiger charge is -2.08. The summed E-state index contributed by atoms with van der Waals surface area (Å²) in [4.78, 5) is 16.5. The summed E-state index contributed by atoms with van der Waals surface area (Å²) in [6.07, 6.45) is -3.66. The molecule has 1 amide bonds. The highest BCUT2D eigenvalue weighted by atomic mass is 19.4. The lowest BCUT2D eigenvalue weighted by atomic mass is 10.2. The highest BCUT2D eigenvalue weighted by molar-refractivity contribution is 6.31. The number of carbonyl (C=O) groups is 1. The van der Waals surface area contributed by atoms with E-state index in [-0.39, 0.29) is 12.3 Å². The van der Waals surface area contributed by atoms with Gasteiger partial charge in [-0.3, -0.25) is 4.79 Å². The number of carbonyl (C=O) groups excluding carboxylic acids is 1. The highest BCUT2D eigenvalue weighted by Crippen LogP contribution is 2.30. The van der Waals surface area contributed by atoms with Crippen LogP contribution in [-0.2, 0) is 22.4 Å². The fourth-order valence-corrected chi connectivity index (χ4v) is 1.82. The standard InChI is InChI=1S/C17H12F3N3O2/c18-17(19,20)14-2-1-3-15(8-14)23-16(24)10-22-25-11-13-6-4-12(9-21)5-7-13/h1-8,10H,11H2,(H,23,24)/b22-10-. The summed E-state index contributed by atoms with van der Waals surface area (Å²) in [6.45, 7) is 0.0824. The SMILES string of the molecule is N#Cc1ccc(CO/N=C\C(=O)Nc2cccc(C(F)(F)F)c2)cc1. The van der Waals surface area contributed by atoms with Gasteiger partial charge in [0.15, 0.2) is 0 Å². The van der Waals surface area contributed by atoms with E-state index in [1.54, 1.807) is 24.3 Å².